The molecule has 0 aliphatic heterocycles. The van der Waals surface area contributed by atoms with Gasteiger partial charge < -0.3 is 20.1 Å². The first-order valence-electron chi connectivity index (χ1n) is 12.1. The number of rotatable bonds is 9. The molecule has 0 fully saturated rings. The van der Waals surface area contributed by atoms with E-state index < -0.39 is 5.56 Å². The summed E-state index contributed by atoms with van der Waals surface area (Å²) < 4.78 is 12.7. The van der Waals surface area contributed by atoms with Crippen LogP contribution >= 0.6 is 0 Å². The normalized spacial score (nSPS) is 10.6. The van der Waals surface area contributed by atoms with E-state index in [2.05, 4.69) is 15.7 Å². The molecule has 0 atom stereocenters. The lowest BCUT2D eigenvalue weighted by Gasteiger charge is -2.16. The number of aromatic nitrogens is 2. The molecule has 4 aromatic rings. The summed E-state index contributed by atoms with van der Waals surface area (Å²) in [6, 6.07) is 19.7. The van der Waals surface area contributed by atoms with Crippen LogP contribution in [0.5, 0.6) is 17.2 Å². The molecule has 0 aliphatic rings. The first-order valence-corrected chi connectivity index (χ1v) is 12.1. The number of ether oxygens (including phenoxy) is 2. The van der Waals surface area contributed by atoms with E-state index in [1.54, 1.807) is 55.6 Å². The molecule has 2 N–H and O–H groups in total. The molecule has 0 aliphatic carbocycles. The highest BCUT2D eigenvalue weighted by atomic mass is 16.5. The van der Waals surface area contributed by atoms with E-state index in [-0.39, 0.29) is 17.3 Å². The molecule has 0 bridgehead atoms. The Balaban J connectivity index is 1.77. The van der Waals surface area contributed by atoms with Crippen LogP contribution in [0.15, 0.2) is 77.7 Å². The third-order valence-electron chi connectivity index (χ3n) is 5.96. The second-order valence-corrected chi connectivity index (χ2v) is 8.56. The van der Waals surface area contributed by atoms with Gasteiger partial charge in [0.05, 0.1) is 19.0 Å². The number of nitrogens with one attached hydrogen (secondary N) is 2. The molecule has 1 heterocycles. The van der Waals surface area contributed by atoms with Crippen molar-refractivity contribution in [1.82, 2.24) is 15.1 Å². The van der Waals surface area contributed by atoms with Gasteiger partial charge in [-0.2, -0.15) is 9.78 Å². The fourth-order valence-electron chi connectivity index (χ4n) is 3.71. The number of carbonyl (C=O) groups is 1. The Kier molecular flexibility index (Phi) is 7.88. The Morgan fingerprint density at radius 1 is 1.00 bits per heavy atom. The first kappa shape index (κ1) is 25.5. The third kappa shape index (κ3) is 5.81. The van der Waals surface area contributed by atoms with Crippen molar-refractivity contribution in [3.05, 3.63) is 100.0 Å². The lowest BCUT2D eigenvalue weighted by molar-refractivity contribution is 0.0953. The molecule has 0 saturated heterocycles. The van der Waals surface area contributed by atoms with Crippen LogP contribution in [0.25, 0.3) is 5.69 Å². The van der Waals surface area contributed by atoms with Gasteiger partial charge in [0.1, 0.15) is 11.5 Å². The second-order valence-electron chi connectivity index (χ2n) is 8.56. The predicted octanol–water partition coefficient (Wildman–Crippen LogP) is 5.53. The molecule has 1 aromatic heterocycles. The fraction of sp³-hybridized carbons (Fsp3) is 0.207. The summed E-state index contributed by atoms with van der Waals surface area (Å²) in [5.41, 5.74) is 3.44. The molecule has 0 radical (unpaired) electrons. The summed E-state index contributed by atoms with van der Waals surface area (Å²) >= 11 is 0. The van der Waals surface area contributed by atoms with Gasteiger partial charge in [0.15, 0.2) is 11.4 Å². The number of aryl methyl sites for hydroxylation is 1. The highest BCUT2D eigenvalue weighted by Crippen LogP contribution is 2.32. The number of nitrogens with zero attached hydrogens (tertiary/aromatic N) is 2. The minimum atomic E-state index is -0.409. The molecule has 37 heavy (non-hydrogen) atoms. The van der Waals surface area contributed by atoms with Crippen molar-refractivity contribution in [1.29, 1.82) is 0 Å². The second kappa shape index (κ2) is 11.4. The van der Waals surface area contributed by atoms with Crippen LogP contribution in [-0.4, -0.2) is 29.3 Å². The Morgan fingerprint density at radius 2 is 1.76 bits per heavy atom. The fourth-order valence-corrected chi connectivity index (χ4v) is 3.71. The number of carbonyl (C=O) groups excluding carboxylic acids is 1. The highest BCUT2D eigenvalue weighted by molar-refractivity contribution is 5.95. The summed E-state index contributed by atoms with van der Waals surface area (Å²) in [4.78, 5) is 26.2. The molecule has 3 aromatic carbocycles. The van der Waals surface area contributed by atoms with Crippen LogP contribution < -0.4 is 25.7 Å². The van der Waals surface area contributed by atoms with Crippen molar-refractivity contribution >= 4 is 17.3 Å². The minimum Gasteiger partial charge on any atom is -0.497 e. The first-order chi connectivity index (χ1) is 17.9. The summed E-state index contributed by atoms with van der Waals surface area (Å²) in [5.74, 6) is 1.38. The van der Waals surface area contributed by atoms with E-state index >= 15 is 0 Å². The zero-order valence-electron chi connectivity index (χ0n) is 21.4. The highest BCUT2D eigenvalue weighted by Gasteiger charge is 2.17. The van der Waals surface area contributed by atoms with Gasteiger partial charge in [-0.3, -0.25) is 9.59 Å². The van der Waals surface area contributed by atoms with Crippen molar-refractivity contribution in [2.45, 2.75) is 27.2 Å². The Labute approximate surface area is 215 Å². The standard InChI is InChI=1S/C29H30N4O4/c1-5-16-30-28(34)21-9-7-10-22(17-21)32-27-26(37-25-11-6-8-19(2)20(25)3)18-31-33(29(27)35)23-12-14-24(36-4)15-13-23/h6-15,17-18,32H,5,16H2,1-4H3,(H,30,34). The summed E-state index contributed by atoms with van der Waals surface area (Å²) in [7, 11) is 1.58. The number of amides is 1. The van der Waals surface area contributed by atoms with E-state index in [4.69, 9.17) is 9.47 Å². The van der Waals surface area contributed by atoms with E-state index in [0.29, 0.717) is 35.0 Å². The maximum absolute atomic E-state index is 13.7. The predicted molar refractivity (Wildman–Crippen MR) is 145 cm³/mol. The summed E-state index contributed by atoms with van der Waals surface area (Å²) in [6.07, 6.45) is 2.35. The smallest absolute Gasteiger partial charge is 0.299 e. The van der Waals surface area contributed by atoms with Crippen LogP contribution in [0.4, 0.5) is 11.4 Å². The molecule has 8 nitrogen and oxygen atoms in total. The zero-order chi connectivity index (χ0) is 26.4. The number of hydrogen-bond acceptors (Lipinski definition) is 6. The average molecular weight is 499 g/mol. The molecule has 0 spiro atoms. The van der Waals surface area contributed by atoms with Crippen LogP contribution in [-0.2, 0) is 0 Å². The summed E-state index contributed by atoms with van der Waals surface area (Å²) in [6.45, 7) is 6.53. The minimum absolute atomic E-state index is 0.178. The molecular formula is C29H30N4O4. The third-order valence-corrected chi connectivity index (χ3v) is 5.96. The van der Waals surface area contributed by atoms with Crippen molar-refractivity contribution in [2.24, 2.45) is 0 Å². The molecule has 8 heteroatoms. The van der Waals surface area contributed by atoms with Gasteiger partial charge in [0.2, 0.25) is 0 Å². The lowest BCUT2D eigenvalue weighted by atomic mass is 10.1. The molecule has 1 amide bonds. The average Bonchev–Trinajstić information content (AvgIpc) is 2.92. The quantitative estimate of drug-likeness (QED) is 0.315. The van der Waals surface area contributed by atoms with E-state index in [1.165, 1.54) is 10.9 Å². The van der Waals surface area contributed by atoms with E-state index in [1.807, 2.05) is 39.0 Å². The number of benzene rings is 3. The van der Waals surface area contributed by atoms with E-state index in [0.717, 1.165) is 17.5 Å². The number of hydrogen-bond donors (Lipinski definition) is 2. The summed E-state index contributed by atoms with van der Waals surface area (Å²) in [5, 5.41) is 10.4. The van der Waals surface area contributed by atoms with Crippen LogP contribution in [0.3, 0.4) is 0 Å². The van der Waals surface area contributed by atoms with Crippen LogP contribution in [0.1, 0.15) is 34.8 Å². The van der Waals surface area contributed by atoms with Gasteiger partial charge in [-0.1, -0.05) is 25.1 Å². The number of methoxy groups -OCH3 is 1. The molecule has 190 valence electrons. The molecular weight excluding hydrogens is 468 g/mol. The van der Waals surface area contributed by atoms with Gasteiger partial charge in [-0.15, -0.1) is 0 Å². The topological polar surface area (TPSA) is 94.5 Å². The van der Waals surface area contributed by atoms with Crippen molar-refractivity contribution in [2.75, 3.05) is 19.0 Å². The monoisotopic (exact) mass is 498 g/mol. The zero-order valence-corrected chi connectivity index (χ0v) is 21.4. The largest absolute Gasteiger partial charge is 0.497 e. The Hall–Kier alpha value is -4.59. The van der Waals surface area contributed by atoms with Crippen molar-refractivity contribution in [3.8, 4) is 22.9 Å². The van der Waals surface area contributed by atoms with Crippen molar-refractivity contribution in [3.63, 3.8) is 0 Å². The van der Waals surface area contributed by atoms with Crippen LogP contribution in [0.2, 0.25) is 0 Å². The molecule has 0 unspecified atom stereocenters. The van der Waals surface area contributed by atoms with Crippen molar-refractivity contribution < 1.29 is 14.3 Å². The van der Waals surface area contributed by atoms with Gasteiger partial charge >= 0.3 is 0 Å². The van der Waals surface area contributed by atoms with Gasteiger partial charge in [0, 0.05) is 17.8 Å². The SMILES string of the molecule is CCCNC(=O)c1cccc(Nc2c(Oc3cccc(C)c3C)cnn(-c3ccc(OC)cc3)c2=O)c1. The maximum atomic E-state index is 13.7. The maximum Gasteiger partial charge on any atom is 0.299 e. The molecule has 4 rings (SSSR count). The van der Waals surface area contributed by atoms with Crippen LogP contribution in [0, 0.1) is 13.8 Å². The molecule has 0 saturated carbocycles. The Morgan fingerprint density at radius 3 is 2.49 bits per heavy atom. The van der Waals surface area contributed by atoms with E-state index in [9.17, 15) is 9.59 Å². The van der Waals surface area contributed by atoms with Gasteiger partial charge in [-0.05, 0) is 79.9 Å². The lowest BCUT2D eigenvalue weighted by Crippen LogP contribution is -2.25. The van der Waals surface area contributed by atoms with Gasteiger partial charge in [-0.25, -0.2) is 0 Å². The van der Waals surface area contributed by atoms with Gasteiger partial charge in [0.25, 0.3) is 11.5 Å². The Bertz CT molecular complexity index is 1460. The number of anilines is 2.